The van der Waals surface area contributed by atoms with Crippen molar-refractivity contribution in [2.75, 3.05) is 0 Å². The Bertz CT molecular complexity index is 634. The van der Waals surface area contributed by atoms with Crippen molar-refractivity contribution in [2.45, 2.75) is 38.8 Å². The molecular formula is C20H24Cl2Si2. The average molecular weight is 391 g/mol. The highest BCUT2D eigenvalue weighted by Gasteiger charge is 2.34. The normalized spacial score (nSPS) is 15.7. The Morgan fingerprint density at radius 3 is 1.29 bits per heavy atom. The van der Waals surface area contributed by atoms with Gasteiger partial charge < -0.3 is 0 Å². The fraction of sp³-hybridized carbons (Fsp3) is 0.300. The third-order valence-electron chi connectivity index (χ3n) is 4.11. The standard InChI is InChI=1S/C20H24Cl2Si2/c1-3-15-23(21,19-11-7-5-8-12-19)17-18-24(22,16-4-2)20-13-9-6-10-14-20/h5-14H,3-4,15-16H2,1-2H3. The molecule has 0 spiro atoms. The molecule has 2 aromatic carbocycles. The summed E-state index contributed by atoms with van der Waals surface area (Å²) in [5, 5.41) is 2.39. The van der Waals surface area contributed by atoms with Gasteiger partial charge in [-0.15, -0.1) is 33.2 Å². The van der Waals surface area contributed by atoms with Crippen molar-refractivity contribution < 1.29 is 0 Å². The van der Waals surface area contributed by atoms with Crippen LogP contribution in [0.25, 0.3) is 0 Å². The first kappa shape index (κ1) is 19.3. The molecule has 2 unspecified atom stereocenters. The Morgan fingerprint density at radius 2 is 1.00 bits per heavy atom. The third-order valence-corrected chi connectivity index (χ3v) is 13.3. The van der Waals surface area contributed by atoms with Crippen molar-refractivity contribution in [1.29, 1.82) is 0 Å². The SMILES string of the molecule is CCC[Si](Cl)(C#C[Si](Cl)(CCC)c1ccccc1)c1ccccc1. The maximum Gasteiger partial charge on any atom is 0.262 e. The van der Waals surface area contributed by atoms with E-state index >= 15 is 0 Å². The highest BCUT2D eigenvalue weighted by atomic mass is 35.6. The summed E-state index contributed by atoms with van der Waals surface area (Å²) in [6.07, 6.45) is 2.07. The summed E-state index contributed by atoms with van der Waals surface area (Å²) < 4.78 is 0. The van der Waals surface area contributed by atoms with Crippen LogP contribution in [-0.2, 0) is 0 Å². The first-order chi connectivity index (χ1) is 11.5. The van der Waals surface area contributed by atoms with Gasteiger partial charge in [0.05, 0.1) is 0 Å². The van der Waals surface area contributed by atoms with Crippen LogP contribution in [0.4, 0.5) is 0 Å². The lowest BCUT2D eigenvalue weighted by Gasteiger charge is -2.21. The molecule has 0 nitrogen and oxygen atoms in total. The van der Waals surface area contributed by atoms with Crippen LogP contribution in [0.5, 0.6) is 0 Å². The van der Waals surface area contributed by atoms with E-state index in [1.54, 1.807) is 0 Å². The number of rotatable bonds is 6. The second kappa shape index (κ2) is 8.92. The molecule has 0 aliphatic carbocycles. The van der Waals surface area contributed by atoms with Crippen LogP contribution in [0.3, 0.4) is 0 Å². The zero-order valence-electron chi connectivity index (χ0n) is 14.4. The fourth-order valence-corrected chi connectivity index (χ4v) is 11.1. The number of halogens is 2. The van der Waals surface area contributed by atoms with Gasteiger partial charge in [0, 0.05) is 0 Å². The Hall–Kier alpha value is -0.986. The van der Waals surface area contributed by atoms with E-state index in [0.717, 1.165) is 24.9 Å². The summed E-state index contributed by atoms with van der Waals surface area (Å²) in [5.74, 6) is 0. The summed E-state index contributed by atoms with van der Waals surface area (Å²) in [5.41, 5.74) is 7.04. The minimum Gasteiger partial charge on any atom is -0.144 e. The highest BCUT2D eigenvalue weighted by Crippen LogP contribution is 2.20. The van der Waals surface area contributed by atoms with Gasteiger partial charge in [0.25, 0.3) is 14.8 Å². The van der Waals surface area contributed by atoms with Crippen LogP contribution in [-0.4, -0.2) is 14.8 Å². The van der Waals surface area contributed by atoms with E-state index in [9.17, 15) is 0 Å². The van der Waals surface area contributed by atoms with E-state index in [0.29, 0.717) is 0 Å². The first-order valence-electron chi connectivity index (χ1n) is 8.57. The van der Waals surface area contributed by atoms with Crippen LogP contribution in [0.1, 0.15) is 26.7 Å². The van der Waals surface area contributed by atoms with Crippen molar-refractivity contribution >= 4 is 47.3 Å². The summed E-state index contributed by atoms with van der Waals surface area (Å²) >= 11 is 14.2. The molecule has 2 atom stereocenters. The maximum absolute atomic E-state index is 7.09. The van der Waals surface area contributed by atoms with Crippen LogP contribution in [0.2, 0.25) is 12.1 Å². The molecule has 0 fully saturated rings. The molecule has 0 heterocycles. The summed E-state index contributed by atoms with van der Waals surface area (Å²) in [7, 11) is -4.67. The smallest absolute Gasteiger partial charge is 0.144 e. The number of hydrogen-bond acceptors (Lipinski definition) is 0. The molecule has 2 rings (SSSR count). The fourth-order valence-electron chi connectivity index (χ4n) is 2.85. The van der Waals surface area contributed by atoms with Gasteiger partial charge in [-0.05, 0) is 22.5 Å². The maximum atomic E-state index is 7.09. The third kappa shape index (κ3) is 4.77. The van der Waals surface area contributed by atoms with Crippen molar-refractivity contribution in [3.05, 3.63) is 60.7 Å². The molecule has 0 saturated heterocycles. The van der Waals surface area contributed by atoms with Crippen LogP contribution >= 0.6 is 22.2 Å². The molecule has 0 saturated carbocycles. The first-order valence-corrected chi connectivity index (χ1v) is 15.0. The van der Waals surface area contributed by atoms with Gasteiger partial charge in [-0.25, -0.2) is 0 Å². The van der Waals surface area contributed by atoms with Crippen molar-refractivity contribution in [3.63, 3.8) is 0 Å². The summed E-state index contributed by atoms with van der Waals surface area (Å²) in [4.78, 5) is 0. The molecule has 126 valence electrons. The molecule has 0 N–H and O–H groups in total. The molecule has 0 amide bonds. The Balaban J connectivity index is 2.44. The molecular weight excluding hydrogens is 367 g/mol. The van der Waals surface area contributed by atoms with Crippen LogP contribution in [0, 0.1) is 11.1 Å². The van der Waals surface area contributed by atoms with E-state index in [1.807, 2.05) is 36.4 Å². The zero-order valence-corrected chi connectivity index (χ0v) is 17.9. The predicted octanol–water partition coefficient (Wildman–Crippen LogP) is 5.07. The van der Waals surface area contributed by atoms with Gasteiger partial charge in [-0.2, -0.15) is 0 Å². The van der Waals surface area contributed by atoms with Gasteiger partial charge in [0.2, 0.25) is 0 Å². The molecule has 0 aromatic heterocycles. The Kier molecular flexibility index (Phi) is 7.19. The van der Waals surface area contributed by atoms with Crippen molar-refractivity contribution in [2.24, 2.45) is 0 Å². The molecule has 0 radical (unpaired) electrons. The van der Waals surface area contributed by atoms with Gasteiger partial charge in [0.1, 0.15) is 0 Å². The van der Waals surface area contributed by atoms with E-state index in [2.05, 4.69) is 49.2 Å². The lowest BCUT2D eigenvalue weighted by atomic mass is 10.4. The van der Waals surface area contributed by atoms with E-state index in [1.165, 1.54) is 10.4 Å². The summed E-state index contributed by atoms with van der Waals surface area (Å²) in [6.45, 7) is 4.34. The summed E-state index contributed by atoms with van der Waals surface area (Å²) in [6, 6.07) is 22.6. The number of benzene rings is 2. The minimum absolute atomic E-state index is 0.952. The highest BCUT2D eigenvalue weighted by molar-refractivity contribution is 7.35. The molecule has 2 aromatic rings. The van der Waals surface area contributed by atoms with Gasteiger partial charge in [0.15, 0.2) is 0 Å². The molecule has 4 heteroatoms. The number of hydrogen-bond donors (Lipinski definition) is 0. The second-order valence-corrected chi connectivity index (χ2v) is 15.8. The van der Waals surface area contributed by atoms with E-state index in [-0.39, 0.29) is 0 Å². The van der Waals surface area contributed by atoms with E-state index < -0.39 is 14.8 Å². The predicted molar refractivity (Wildman–Crippen MR) is 113 cm³/mol. The molecule has 0 aliphatic rings. The lowest BCUT2D eigenvalue weighted by Crippen LogP contribution is -2.44. The van der Waals surface area contributed by atoms with Gasteiger partial charge >= 0.3 is 0 Å². The monoisotopic (exact) mass is 390 g/mol. The second-order valence-electron chi connectivity index (χ2n) is 6.08. The van der Waals surface area contributed by atoms with Crippen LogP contribution in [0.15, 0.2) is 60.7 Å². The average Bonchev–Trinajstić information content (AvgIpc) is 2.62. The molecule has 24 heavy (non-hydrogen) atoms. The van der Waals surface area contributed by atoms with E-state index in [4.69, 9.17) is 22.2 Å². The van der Waals surface area contributed by atoms with Gasteiger partial charge in [-0.3, -0.25) is 0 Å². The molecule has 0 aliphatic heterocycles. The zero-order chi connectivity index (χ0) is 17.5. The van der Waals surface area contributed by atoms with Crippen molar-refractivity contribution in [1.82, 2.24) is 0 Å². The Labute approximate surface area is 157 Å². The minimum atomic E-state index is -2.34. The van der Waals surface area contributed by atoms with Crippen LogP contribution < -0.4 is 10.4 Å². The van der Waals surface area contributed by atoms with Crippen molar-refractivity contribution in [3.8, 4) is 11.1 Å². The topological polar surface area (TPSA) is 0 Å². The lowest BCUT2D eigenvalue weighted by molar-refractivity contribution is 1.07. The quantitative estimate of drug-likeness (QED) is 0.366. The molecule has 0 bridgehead atoms. The van der Waals surface area contributed by atoms with Gasteiger partial charge in [-0.1, -0.05) is 87.4 Å². The Morgan fingerprint density at radius 1 is 0.667 bits per heavy atom. The largest absolute Gasteiger partial charge is 0.262 e.